The minimum absolute atomic E-state index is 0.0783. The zero-order valence-corrected chi connectivity index (χ0v) is 15.3. The van der Waals surface area contributed by atoms with Crippen molar-refractivity contribution >= 4 is 17.7 Å². The Balaban J connectivity index is 1.34. The van der Waals surface area contributed by atoms with E-state index >= 15 is 0 Å². The van der Waals surface area contributed by atoms with Gasteiger partial charge in [-0.3, -0.25) is 4.79 Å². The van der Waals surface area contributed by atoms with Crippen LogP contribution in [0.5, 0.6) is 0 Å². The molecule has 2 fully saturated rings. The molecule has 2 aromatic heterocycles. The number of ether oxygens (including phenoxy) is 1. The van der Waals surface area contributed by atoms with Crippen molar-refractivity contribution in [3.8, 4) is 0 Å². The Morgan fingerprint density at radius 1 is 1.11 bits per heavy atom. The van der Waals surface area contributed by atoms with Gasteiger partial charge in [0.1, 0.15) is 5.82 Å². The summed E-state index contributed by atoms with van der Waals surface area (Å²) in [4.78, 5) is 29.9. The van der Waals surface area contributed by atoms with Gasteiger partial charge in [-0.25, -0.2) is 15.0 Å². The summed E-state index contributed by atoms with van der Waals surface area (Å²) >= 11 is 0. The summed E-state index contributed by atoms with van der Waals surface area (Å²) < 4.78 is 5.55. The highest BCUT2D eigenvalue weighted by molar-refractivity contribution is 5.94. The largest absolute Gasteiger partial charge is 0.376 e. The molecule has 2 saturated heterocycles. The van der Waals surface area contributed by atoms with Crippen LogP contribution in [0.1, 0.15) is 23.2 Å². The zero-order chi connectivity index (χ0) is 18.5. The van der Waals surface area contributed by atoms with E-state index in [1.807, 2.05) is 12.1 Å². The standard InChI is InChI=1S/C19H24N6O2/c26-18(23-14-16-3-1-12-27-16)15-4-7-20-17(13-15)24-8-10-25(11-9-24)19-21-5-2-6-22-19/h2,4-7,13,16H,1,3,8-12,14H2,(H,23,26). The van der Waals surface area contributed by atoms with E-state index in [4.69, 9.17) is 4.74 Å². The molecule has 0 bridgehead atoms. The second kappa shape index (κ2) is 8.30. The van der Waals surface area contributed by atoms with Gasteiger partial charge in [0, 0.05) is 63.5 Å². The van der Waals surface area contributed by atoms with E-state index < -0.39 is 0 Å². The van der Waals surface area contributed by atoms with Crippen molar-refractivity contribution in [1.82, 2.24) is 20.3 Å². The third-order valence-corrected chi connectivity index (χ3v) is 4.96. The SMILES string of the molecule is O=C(NCC1CCCO1)c1ccnc(N2CCN(c3ncccn3)CC2)c1. The van der Waals surface area contributed by atoms with Crippen LogP contribution in [-0.2, 0) is 4.74 Å². The molecule has 0 aliphatic carbocycles. The smallest absolute Gasteiger partial charge is 0.251 e. The summed E-state index contributed by atoms with van der Waals surface area (Å²) in [6.45, 7) is 4.62. The first-order valence-corrected chi connectivity index (χ1v) is 9.42. The maximum absolute atomic E-state index is 12.4. The predicted octanol–water partition coefficient (Wildman–Crippen LogP) is 1.11. The van der Waals surface area contributed by atoms with E-state index in [1.54, 1.807) is 24.7 Å². The highest BCUT2D eigenvalue weighted by Crippen LogP contribution is 2.17. The monoisotopic (exact) mass is 368 g/mol. The van der Waals surface area contributed by atoms with Crippen molar-refractivity contribution in [3.05, 3.63) is 42.4 Å². The summed E-state index contributed by atoms with van der Waals surface area (Å²) in [7, 11) is 0. The van der Waals surface area contributed by atoms with E-state index in [9.17, 15) is 4.79 Å². The average molecular weight is 368 g/mol. The number of anilines is 2. The van der Waals surface area contributed by atoms with Crippen molar-refractivity contribution in [3.63, 3.8) is 0 Å². The van der Waals surface area contributed by atoms with Crippen LogP contribution in [0.15, 0.2) is 36.8 Å². The van der Waals surface area contributed by atoms with Crippen LogP contribution in [0, 0.1) is 0 Å². The van der Waals surface area contributed by atoms with Gasteiger partial charge in [-0.05, 0) is 31.0 Å². The first-order chi connectivity index (χ1) is 13.3. The van der Waals surface area contributed by atoms with Gasteiger partial charge in [0.25, 0.3) is 5.91 Å². The highest BCUT2D eigenvalue weighted by Gasteiger charge is 2.21. The first kappa shape index (κ1) is 17.7. The molecule has 0 aromatic carbocycles. The van der Waals surface area contributed by atoms with Gasteiger partial charge in [-0.2, -0.15) is 0 Å². The summed E-state index contributed by atoms with van der Waals surface area (Å²) in [6, 6.07) is 5.43. The van der Waals surface area contributed by atoms with Gasteiger partial charge in [0.2, 0.25) is 5.95 Å². The molecule has 0 radical (unpaired) electrons. The molecule has 2 aromatic rings. The number of amides is 1. The van der Waals surface area contributed by atoms with Crippen molar-refractivity contribution < 1.29 is 9.53 Å². The van der Waals surface area contributed by atoms with Crippen molar-refractivity contribution in [2.75, 3.05) is 49.1 Å². The van der Waals surface area contributed by atoms with Gasteiger partial charge in [0.15, 0.2) is 0 Å². The fourth-order valence-electron chi connectivity index (χ4n) is 3.44. The molecule has 8 nitrogen and oxygen atoms in total. The average Bonchev–Trinajstić information content (AvgIpc) is 3.27. The van der Waals surface area contributed by atoms with Crippen LogP contribution >= 0.6 is 0 Å². The maximum atomic E-state index is 12.4. The van der Waals surface area contributed by atoms with E-state index in [0.717, 1.165) is 57.4 Å². The number of hydrogen-bond acceptors (Lipinski definition) is 7. The summed E-state index contributed by atoms with van der Waals surface area (Å²) in [6.07, 6.45) is 7.44. The lowest BCUT2D eigenvalue weighted by molar-refractivity contribution is 0.0857. The summed E-state index contributed by atoms with van der Waals surface area (Å²) in [5, 5.41) is 2.96. The quantitative estimate of drug-likeness (QED) is 0.846. The first-order valence-electron chi connectivity index (χ1n) is 9.42. The van der Waals surface area contributed by atoms with Crippen molar-refractivity contribution in [1.29, 1.82) is 0 Å². The molecule has 1 amide bonds. The second-order valence-electron chi connectivity index (χ2n) is 6.77. The van der Waals surface area contributed by atoms with Gasteiger partial charge in [0.05, 0.1) is 6.10 Å². The minimum atomic E-state index is -0.0783. The Labute approximate surface area is 158 Å². The maximum Gasteiger partial charge on any atom is 0.251 e. The summed E-state index contributed by atoms with van der Waals surface area (Å²) in [5.74, 6) is 1.51. The molecule has 1 atom stereocenters. The second-order valence-corrected chi connectivity index (χ2v) is 6.77. The zero-order valence-electron chi connectivity index (χ0n) is 15.3. The van der Waals surface area contributed by atoms with Gasteiger partial charge < -0.3 is 19.9 Å². The van der Waals surface area contributed by atoms with E-state index in [1.165, 1.54) is 0 Å². The van der Waals surface area contributed by atoms with E-state index in [0.29, 0.717) is 12.1 Å². The van der Waals surface area contributed by atoms with Crippen LogP contribution in [-0.4, -0.2) is 66.3 Å². The van der Waals surface area contributed by atoms with Gasteiger partial charge in [-0.1, -0.05) is 0 Å². The van der Waals surface area contributed by atoms with Crippen LogP contribution in [0.3, 0.4) is 0 Å². The number of piperazine rings is 1. The molecule has 2 aliphatic heterocycles. The third-order valence-electron chi connectivity index (χ3n) is 4.96. The Hall–Kier alpha value is -2.74. The topological polar surface area (TPSA) is 83.5 Å². The van der Waals surface area contributed by atoms with Crippen LogP contribution in [0.4, 0.5) is 11.8 Å². The molecule has 0 saturated carbocycles. The number of pyridine rings is 1. The fraction of sp³-hybridized carbons (Fsp3) is 0.474. The molecule has 27 heavy (non-hydrogen) atoms. The van der Waals surface area contributed by atoms with E-state index in [-0.39, 0.29) is 12.0 Å². The minimum Gasteiger partial charge on any atom is -0.376 e. The fourth-order valence-corrected chi connectivity index (χ4v) is 3.44. The predicted molar refractivity (Wildman–Crippen MR) is 102 cm³/mol. The number of rotatable bonds is 5. The van der Waals surface area contributed by atoms with Crippen molar-refractivity contribution in [2.24, 2.45) is 0 Å². The lowest BCUT2D eigenvalue weighted by atomic mass is 10.2. The molecule has 142 valence electrons. The molecule has 1 unspecified atom stereocenters. The molecule has 8 heteroatoms. The molecule has 4 heterocycles. The number of nitrogens with zero attached hydrogens (tertiary/aromatic N) is 5. The number of hydrogen-bond donors (Lipinski definition) is 1. The molecule has 1 N–H and O–H groups in total. The Morgan fingerprint density at radius 3 is 2.63 bits per heavy atom. The highest BCUT2D eigenvalue weighted by atomic mass is 16.5. The molecule has 0 spiro atoms. The molecular formula is C19H24N6O2. The Kier molecular flexibility index (Phi) is 5.43. The Morgan fingerprint density at radius 2 is 1.89 bits per heavy atom. The van der Waals surface area contributed by atoms with Crippen molar-refractivity contribution in [2.45, 2.75) is 18.9 Å². The van der Waals surface area contributed by atoms with Gasteiger partial charge >= 0.3 is 0 Å². The molecule has 2 aliphatic rings. The van der Waals surface area contributed by atoms with Crippen LogP contribution in [0.2, 0.25) is 0 Å². The molecular weight excluding hydrogens is 344 g/mol. The van der Waals surface area contributed by atoms with Crippen LogP contribution < -0.4 is 15.1 Å². The third kappa shape index (κ3) is 4.33. The number of carbonyl (C=O) groups excluding carboxylic acids is 1. The summed E-state index contributed by atoms with van der Waals surface area (Å²) in [5.41, 5.74) is 0.631. The lowest BCUT2D eigenvalue weighted by Crippen LogP contribution is -2.47. The number of nitrogens with one attached hydrogen (secondary N) is 1. The van der Waals surface area contributed by atoms with Gasteiger partial charge in [-0.15, -0.1) is 0 Å². The molecule has 4 rings (SSSR count). The number of aromatic nitrogens is 3. The van der Waals surface area contributed by atoms with Crippen LogP contribution in [0.25, 0.3) is 0 Å². The normalized spacial score (nSPS) is 19.9. The Bertz CT molecular complexity index is 758. The lowest BCUT2D eigenvalue weighted by Gasteiger charge is -2.35. The van der Waals surface area contributed by atoms with E-state index in [2.05, 4.69) is 30.1 Å². The number of carbonyl (C=O) groups is 1.